The Morgan fingerprint density at radius 3 is 2.87 bits per heavy atom. The fraction of sp³-hybridized carbons (Fsp3) is 0.545. The average Bonchev–Trinajstić information content (AvgIpc) is 2.63. The smallest absolute Gasteiger partial charge is 0.287 e. The van der Waals surface area contributed by atoms with Gasteiger partial charge in [-0.15, -0.1) is 0 Å². The molecule has 0 atom stereocenters. The lowest BCUT2D eigenvalue weighted by molar-refractivity contribution is 0.0550. The predicted molar refractivity (Wildman–Crippen MR) is 54.6 cm³/mol. The number of carbonyl (C=O) groups excluding carboxylic acids is 1. The van der Waals surface area contributed by atoms with E-state index >= 15 is 0 Å². The number of aliphatic hydroxyl groups excluding tert-OH is 1. The second-order valence-corrected chi connectivity index (χ2v) is 3.92. The molecule has 1 saturated carbocycles. The molecule has 2 rings (SSSR count). The van der Waals surface area contributed by atoms with Crippen LogP contribution in [0.15, 0.2) is 16.5 Å². The largest absolute Gasteiger partial charge is 0.456 e. The zero-order valence-electron chi connectivity index (χ0n) is 8.69. The first-order chi connectivity index (χ1) is 7.19. The van der Waals surface area contributed by atoms with Crippen molar-refractivity contribution in [1.82, 2.24) is 5.32 Å². The molecule has 1 aliphatic carbocycles. The Hall–Kier alpha value is -1.29. The fourth-order valence-corrected chi connectivity index (χ4v) is 1.65. The minimum absolute atomic E-state index is 0.0997. The average molecular weight is 209 g/mol. The van der Waals surface area contributed by atoms with Crippen molar-refractivity contribution in [3.63, 3.8) is 0 Å². The van der Waals surface area contributed by atoms with Crippen molar-refractivity contribution in [3.05, 3.63) is 23.7 Å². The number of hydrogen-bond acceptors (Lipinski definition) is 3. The molecule has 1 aromatic heterocycles. The van der Waals surface area contributed by atoms with Crippen molar-refractivity contribution < 1.29 is 14.3 Å². The molecule has 0 unspecified atom stereocenters. The number of hydrogen-bond donors (Lipinski definition) is 2. The Bertz CT molecular complexity index is 352. The van der Waals surface area contributed by atoms with Crippen LogP contribution in [-0.4, -0.2) is 23.2 Å². The van der Waals surface area contributed by atoms with Gasteiger partial charge >= 0.3 is 0 Å². The van der Waals surface area contributed by atoms with Crippen LogP contribution in [0.2, 0.25) is 0 Å². The van der Waals surface area contributed by atoms with Crippen molar-refractivity contribution in [2.45, 2.75) is 38.3 Å². The first-order valence-electron chi connectivity index (χ1n) is 5.26. The van der Waals surface area contributed by atoms with Crippen molar-refractivity contribution in [3.8, 4) is 0 Å². The lowest BCUT2D eigenvalue weighted by Gasteiger charge is -2.31. The van der Waals surface area contributed by atoms with Crippen LogP contribution < -0.4 is 5.32 Å². The third kappa shape index (κ3) is 2.21. The van der Waals surface area contributed by atoms with Crippen LogP contribution in [0, 0.1) is 0 Å². The third-order valence-corrected chi connectivity index (χ3v) is 2.68. The summed E-state index contributed by atoms with van der Waals surface area (Å²) in [6, 6.07) is 3.59. The molecule has 1 amide bonds. The molecule has 1 fully saturated rings. The summed E-state index contributed by atoms with van der Waals surface area (Å²) in [5, 5.41) is 11.9. The van der Waals surface area contributed by atoms with Gasteiger partial charge in [-0.3, -0.25) is 4.79 Å². The highest BCUT2D eigenvalue weighted by Gasteiger charge is 2.29. The minimum Gasteiger partial charge on any atom is -0.456 e. The molecule has 1 heterocycles. The summed E-state index contributed by atoms with van der Waals surface area (Å²) in [6.07, 6.45) is 1.83. The molecule has 0 bridgehead atoms. The van der Waals surface area contributed by atoms with Crippen LogP contribution in [0.3, 0.4) is 0 Å². The van der Waals surface area contributed by atoms with E-state index in [9.17, 15) is 4.79 Å². The first-order valence-corrected chi connectivity index (χ1v) is 5.26. The predicted octanol–water partition coefficient (Wildman–Crippen LogP) is 1.10. The van der Waals surface area contributed by atoms with E-state index in [1.165, 1.54) is 0 Å². The molecule has 82 valence electrons. The topological polar surface area (TPSA) is 62.5 Å². The monoisotopic (exact) mass is 209 g/mol. The summed E-state index contributed by atoms with van der Waals surface area (Å²) in [5.74, 6) is 0.980. The van der Waals surface area contributed by atoms with E-state index in [1.54, 1.807) is 6.07 Å². The third-order valence-electron chi connectivity index (χ3n) is 2.68. The summed E-state index contributed by atoms with van der Waals surface area (Å²) in [7, 11) is 0. The Kier molecular flexibility index (Phi) is 2.77. The van der Waals surface area contributed by atoms with Crippen molar-refractivity contribution >= 4 is 5.91 Å². The van der Waals surface area contributed by atoms with Gasteiger partial charge < -0.3 is 14.8 Å². The molecule has 15 heavy (non-hydrogen) atoms. The summed E-state index contributed by atoms with van der Waals surface area (Å²) in [5.41, 5.74) is 0. The molecular formula is C11H15NO3. The summed E-state index contributed by atoms with van der Waals surface area (Å²) in [6.45, 7) is 1.98. The van der Waals surface area contributed by atoms with Gasteiger partial charge in [-0.25, -0.2) is 0 Å². The second kappa shape index (κ2) is 4.06. The van der Waals surface area contributed by atoms with Crippen LogP contribution in [0.4, 0.5) is 0 Å². The molecule has 0 aliphatic heterocycles. The van der Waals surface area contributed by atoms with E-state index in [1.807, 2.05) is 13.0 Å². The maximum Gasteiger partial charge on any atom is 0.287 e. The zero-order valence-corrected chi connectivity index (χ0v) is 8.69. The van der Waals surface area contributed by atoms with E-state index in [4.69, 9.17) is 9.52 Å². The number of furan rings is 1. The second-order valence-electron chi connectivity index (χ2n) is 3.92. The van der Waals surface area contributed by atoms with E-state index in [0.29, 0.717) is 18.6 Å². The molecule has 0 saturated heterocycles. The molecule has 1 aliphatic rings. The van der Waals surface area contributed by atoms with Gasteiger partial charge in [0.05, 0.1) is 6.10 Å². The highest BCUT2D eigenvalue weighted by molar-refractivity contribution is 5.91. The quantitative estimate of drug-likeness (QED) is 0.783. The SMILES string of the molecule is CCc1ccc(C(=O)NC2CC(O)C2)o1. The van der Waals surface area contributed by atoms with Gasteiger partial charge in [0.2, 0.25) is 0 Å². The Morgan fingerprint density at radius 1 is 1.60 bits per heavy atom. The van der Waals surface area contributed by atoms with E-state index < -0.39 is 0 Å². The highest BCUT2D eigenvalue weighted by atomic mass is 16.3. The Morgan fingerprint density at radius 2 is 2.33 bits per heavy atom. The van der Waals surface area contributed by atoms with Gasteiger partial charge in [-0.05, 0) is 25.0 Å². The number of carbonyl (C=O) groups is 1. The molecule has 0 spiro atoms. The first kappa shape index (κ1) is 10.2. The van der Waals surface area contributed by atoms with Gasteiger partial charge in [0.25, 0.3) is 5.91 Å². The fourth-order valence-electron chi connectivity index (χ4n) is 1.65. The summed E-state index contributed by atoms with van der Waals surface area (Å²) < 4.78 is 5.32. The number of nitrogens with one attached hydrogen (secondary N) is 1. The van der Waals surface area contributed by atoms with Crippen LogP contribution in [0.25, 0.3) is 0 Å². The molecular weight excluding hydrogens is 194 g/mol. The van der Waals surface area contributed by atoms with Gasteiger partial charge in [-0.2, -0.15) is 0 Å². The Labute approximate surface area is 88.3 Å². The van der Waals surface area contributed by atoms with Crippen LogP contribution in [0.1, 0.15) is 36.1 Å². The molecule has 1 aromatic rings. The minimum atomic E-state index is -0.252. The van der Waals surface area contributed by atoms with Crippen LogP contribution in [-0.2, 0) is 6.42 Å². The number of aryl methyl sites for hydroxylation is 1. The molecule has 4 nitrogen and oxygen atoms in total. The maximum absolute atomic E-state index is 11.6. The van der Waals surface area contributed by atoms with E-state index in [2.05, 4.69) is 5.32 Å². The lowest BCUT2D eigenvalue weighted by Crippen LogP contribution is -2.46. The molecule has 4 heteroatoms. The van der Waals surface area contributed by atoms with Crippen LogP contribution in [0.5, 0.6) is 0 Å². The number of rotatable bonds is 3. The van der Waals surface area contributed by atoms with E-state index in [0.717, 1.165) is 12.2 Å². The van der Waals surface area contributed by atoms with Crippen LogP contribution >= 0.6 is 0 Å². The Balaban J connectivity index is 1.90. The number of amides is 1. The normalized spacial score (nSPS) is 24.7. The van der Waals surface area contributed by atoms with Crippen molar-refractivity contribution in [1.29, 1.82) is 0 Å². The van der Waals surface area contributed by atoms with Gasteiger partial charge in [0.1, 0.15) is 5.76 Å². The molecule has 2 N–H and O–H groups in total. The van der Waals surface area contributed by atoms with E-state index in [-0.39, 0.29) is 18.1 Å². The maximum atomic E-state index is 11.6. The van der Waals surface area contributed by atoms with Gasteiger partial charge in [-0.1, -0.05) is 6.92 Å². The van der Waals surface area contributed by atoms with Crippen molar-refractivity contribution in [2.75, 3.05) is 0 Å². The molecule has 0 aromatic carbocycles. The van der Waals surface area contributed by atoms with Gasteiger partial charge in [0.15, 0.2) is 5.76 Å². The zero-order chi connectivity index (χ0) is 10.8. The number of aliphatic hydroxyl groups is 1. The standard InChI is InChI=1S/C11H15NO3/c1-2-9-3-4-10(15-9)11(14)12-7-5-8(13)6-7/h3-4,7-8,13H,2,5-6H2,1H3,(H,12,14). The highest BCUT2D eigenvalue weighted by Crippen LogP contribution is 2.20. The lowest BCUT2D eigenvalue weighted by atomic mass is 9.89. The summed E-state index contributed by atoms with van der Waals surface area (Å²) >= 11 is 0. The summed E-state index contributed by atoms with van der Waals surface area (Å²) in [4.78, 5) is 11.6. The van der Waals surface area contributed by atoms with Gasteiger partial charge in [0, 0.05) is 12.5 Å². The molecule has 0 radical (unpaired) electrons. The van der Waals surface area contributed by atoms with Crippen molar-refractivity contribution in [2.24, 2.45) is 0 Å².